The number of halogens is 1. The lowest BCUT2D eigenvalue weighted by Crippen LogP contribution is -2.04. The van der Waals surface area contributed by atoms with Gasteiger partial charge in [0.1, 0.15) is 11.6 Å². The number of carboxylic acid groups (broad SMARTS) is 1. The number of carboxylic acids is 1. The molecule has 0 radical (unpaired) electrons. The van der Waals surface area contributed by atoms with Gasteiger partial charge in [-0.2, -0.15) is 0 Å². The van der Waals surface area contributed by atoms with Crippen LogP contribution < -0.4 is 10.1 Å². The Balaban J connectivity index is 2.06. The Morgan fingerprint density at radius 2 is 1.95 bits per heavy atom. The second-order valence-corrected chi connectivity index (χ2v) is 4.20. The number of hydrogen-bond donors (Lipinski definition) is 2. The van der Waals surface area contributed by atoms with E-state index in [9.17, 15) is 9.18 Å². The van der Waals surface area contributed by atoms with Crippen molar-refractivity contribution in [1.82, 2.24) is 0 Å². The van der Waals surface area contributed by atoms with Crippen molar-refractivity contribution in [1.29, 1.82) is 0 Å². The van der Waals surface area contributed by atoms with Crippen LogP contribution in [0.2, 0.25) is 0 Å². The number of hydrogen-bond acceptors (Lipinski definition) is 3. The molecule has 0 aromatic heterocycles. The van der Waals surface area contributed by atoms with E-state index in [2.05, 4.69) is 5.32 Å². The molecule has 104 valence electrons. The summed E-state index contributed by atoms with van der Waals surface area (Å²) in [6.07, 6.45) is 0. The molecule has 5 heteroatoms. The molecule has 20 heavy (non-hydrogen) atoms. The maximum absolute atomic E-state index is 13.2. The summed E-state index contributed by atoms with van der Waals surface area (Å²) in [6, 6.07) is 11.4. The zero-order valence-corrected chi connectivity index (χ0v) is 10.9. The summed E-state index contributed by atoms with van der Waals surface area (Å²) < 4.78 is 18.3. The number of benzene rings is 2. The zero-order valence-electron chi connectivity index (χ0n) is 10.9. The van der Waals surface area contributed by atoms with Gasteiger partial charge in [0.25, 0.3) is 0 Å². The largest absolute Gasteiger partial charge is 0.497 e. The first kappa shape index (κ1) is 13.9. The number of ether oxygens (including phenoxy) is 1. The summed E-state index contributed by atoms with van der Waals surface area (Å²) in [5, 5.41) is 11.9. The van der Waals surface area contributed by atoms with Crippen LogP contribution in [0.15, 0.2) is 42.5 Å². The first-order valence-corrected chi connectivity index (χ1v) is 6.00. The molecule has 2 N–H and O–H groups in total. The maximum atomic E-state index is 13.2. The summed E-state index contributed by atoms with van der Waals surface area (Å²) in [5.74, 6) is -1.26. The topological polar surface area (TPSA) is 58.6 Å². The molecule has 0 aliphatic heterocycles. The molecule has 0 fully saturated rings. The Kier molecular flexibility index (Phi) is 4.20. The molecule has 0 saturated carbocycles. The molecular formula is C15H14FNO3. The van der Waals surface area contributed by atoms with Gasteiger partial charge in [-0.05, 0) is 35.9 Å². The van der Waals surface area contributed by atoms with Gasteiger partial charge in [-0.3, -0.25) is 0 Å². The highest BCUT2D eigenvalue weighted by molar-refractivity contribution is 5.89. The van der Waals surface area contributed by atoms with E-state index >= 15 is 0 Å². The predicted molar refractivity (Wildman–Crippen MR) is 73.7 cm³/mol. The van der Waals surface area contributed by atoms with Crippen LogP contribution in [0.25, 0.3) is 0 Å². The van der Waals surface area contributed by atoms with Crippen molar-refractivity contribution in [2.45, 2.75) is 6.54 Å². The van der Waals surface area contributed by atoms with Crippen LogP contribution in [0.1, 0.15) is 15.9 Å². The molecule has 0 amide bonds. The maximum Gasteiger partial charge on any atom is 0.338 e. The summed E-state index contributed by atoms with van der Waals surface area (Å²) in [4.78, 5) is 10.8. The molecule has 0 saturated heterocycles. The van der Waals surface area contributed by atoms with Crippen LogP contribution in [-0.4, -0.2) is 18.2 Å². The van der Waals surface area contributed by atoms with Gasteiger partial charge in [0.2, 0.25) is 0 Å². The number of aromatic carboxylic acids is 1. The van der Waals surface area contributed by atoms with Crippen molar-refractivity contribution < 1.29 is 19.0 Å². The molecule has 2 aromatic rings. The Bertz CT molecular complexity index is 611. The molecule has 0 aliphatic carbocycles. The van der Waals surface area contributed by atoms with Gasteiger partial charge in [0.05, 0.1) is 12.7 Å². The van der Waals surface area contributed by atoms with E-state index in [1.807, 2.05) is 24.3 Å². The highest BCUT2D eigenvalue weighted by atomic mass is 19.1. The van der Waals surface area contributed by atoms with E-state index in [0.29, 0.717) is 12.2 Å². The fraction of sp³-hybridized carbons (Fsp3) is 0.133. The van der Waals surface area contributed by atoms with Crippen LogP contribution >= 0.6 is 0 Å². The van der Waals surface area contributed by atoms with Crippen molar-refractivity contribution in [2.75, 3.05) is 12.4 Å². The van der Waals surface area contributed by atoms with E-state index in [1.165, 1.54) is 12.1 Å². The normalized spacial score (nSPS) is 10.1. The number of nitrogens with one attached hydrogen (secondary N) is 1. The summed E-state index contributed by atoms with van der Waals surface area (Å²) in [5.41, 5.74) is 1.22. The van der Waals surface area contributed by atoms with Crippen LogP contribution in [0, 0.1) is 5.82 Å². The number of anilines is 1. The van der Waals surface area contributed by atoms with Crippen molar-refractivity contribution in [3.05, 3.63) is 59.4 Å². The lowest BCUT2D eigenvalue weighted by atomic mass is 10.1. The third-order valence-electron chi connectivity index (χ3n) is 2.85. The molecule has 2 aromatic carbocycles. The van der Waals surface area contributed by atoms with E-state index < -0.39 is 11.8 Å². The van der Waals surface area contributed by atoms with E-state index in [-0.39, 0.29) is 5.56 Å². The fourth-order valence-corrected chi connectivity index (χ4v) is 1.75. The van der Waals surface area contributed by atoms with Crippen LogP contribution in [0.3, 0.4) is 0 Å². The Hall–Kier alpha value is -2.56. The molecule has 0 heterocycles. The fourth-order valence-electron chi connectivity index (χ4n) is 1.75. The first-order valence-electron chi connectivity index (χ1n) is 6.00. The molecule has 0 atom stereocenters. The van der Waals surface area contributed by atoms with Crippen molar-refractivity contribution in [3.8, 4) is 5.75 Å². The average molecular weight is 275 g/mol. The van der Waals surface area contributed by atoms with Crippen molar-refractivity contribution in [3.63, 3.8) is 0 Å². The predicted octanol–water partition coefficient (Wildman–Crippen LogP) is 3.14. The minimum absolute atomic E-state index is 0.343. The lowest BCUT2D eigenvalue weighted by Gasteiger charge is -2.08. The summed E-state index contributed by atoms with van der Waals surface area (Å²) in [7, 11) is 1.60. The molecular weight excluding hydrogens is 261 g/mol. The van der Waals surface area contributed by atoms with E-state index in [4.69, 9.17) is 9.84 Å². The Morgan fingerprint density at radius 3 is 2.55 bits per heavy atom. The van der Waals surface area contributed by atoms with Gasteiger partial charge in [-0.25, -0.2) is 9.18 Å². The SMILES string of the molecule is COc1ccc(CNc2ccc(F)c(C(=O)O)c2)cc1. The van der Waals surface area contributed by atoms with E-state index in [1.54, 1.807) is 7.11 Å². The minimum Gasteiger partial charge on any atom is -0.497 e. The number of carbonyl (C=O) groups is 1. The Labute approximate surface area is 115 Å². The van der Waals surface area contributed by atoms with Gasteiger partial charge in [0.15, 0.2) is 0 Å². The smallest absolute Gasteiger partial charge is 0.338 e. The van der Waals surface area contributed by atoms with Gasteiger partial charge in [-0.1, -0.05) is 12.1 Å². The molecule has 2 rings (SSSR count). The van der Waals surface area contributed by atoms with Crippen molar-refractivity contribution in [2.24, 2.45) is 0 Å². The van der Waals surface area contributed by atoms with Gasteiger partial charge < -0.3 is 15.2 Å². The first-order chi connectivity index (χ1) is 9.60. The lowest BCUT2D eigenvalue weighted by molar-refractivity contribution is 0.0692. The monoisotopic (exact) mass is 275 g/mol. The van der Waals surface area contributed by atoms with E-state index in [0.717, 1.165) is 17.4 Å². The zero-order chi connectivity index (χ0) is 14.5. The molecule has 4 nitrogen and oxygen atoms in total. The second kappa shape index (κ2) is 6.06. The van der Waals surface area contributed by atoms with Crippen LogP contribution in [0.4, 0.5) is 10.1 Å². The van der Waals surface area contributed by atoms with Gasteiger partial charge in [0, 0.05) is 12.2 Å². The highest BCUT2D eigenvalue weighted by Crippen LogP contribution is 2.17. The molecule has 0 spiro atoms. The van der Waals surface area contributed by atoms with Gasteiger partial charge >= 0.3 is 5.97 Å². The minimum atomic E-state index is -1.28. The molecule has 0 aliphatic rings. The number of rotatable bonds is 5. The molecule has 0 unspecified atom stereocenters. The standard InChI is InChI=1S/C15H14FNO3/c1-20-12-5-2-10(3-6-12)9-17-11-4-7-14(16)13(8-11)15(18)19/h2-8,17H,9H2,1H3,(H,18,19). The number of methoxy groups -OCH3 is 1. The summed E-state index contributed by atoms with van der Waals surface area (Å²) >= 11 is 0. The van der Waals surface area contributed by atoms with Crippen molar-refractivity contribution >= 4 is 11.7 Å². The third-order valence-corrected chi connectivity index (χ3v) is 2.85. The average Bonchev–Trinajstić information content (AvgIpc) is 2.46. The van der Waals surface area contributed by atoms with Gasteiger partial charge in [-0.15, -0.1) is 0 Å². The summed E-state index contributed by atoms with van der Waals surface area (Å²) in [6.45, 7) is 0.509. The Morgan fingerprint density at radius 1 is 1.25 bits per heavy atom. The quantitative estimate of drug-likeness (QED) is 0.880. The third kappa shape index (κ3) is 3.26. The highest BCUT2D eigenvalue weighted by Gasteiger charge is 2.10. The van der Waals surface area contributed by atoms with Crippen LogP contribution in [0.5, 0.6) is 5.75 Å². The molecule has 0 bridgehead atoms. The second-order valence-electron chi connectivity index (χ2n) is 4.20. The van der Waals surface area contributed by atoms with Crippen LogP contribution in [-0.2, 0) is 6.54 Å².